The Morgan fingerprint density at radius 2 is 2.14 bits per heavy atom. The van der Waals surface area contributed by atoms with Crippen LogP contribution in [-0.4, -0.2) is 22.0 Å². The molecule has 2 rings (SSSR count). The number of amidine groups is 1. The Hall–Kier alpha value is -1.50. The van der Waals surface area contributed by atoms with Gasteiger partial charge in [0.1, 0.15) is 5.84 Å². The van der Waals surface area contributed by atoms with Crippen molar-refractivity contribution in [2.45, 2.75) is 30.2 Å². The van der Waals surface area contributed by atoms with Gasteiger partial charge in [0.15, 0.2) is 0 Å². The Morgan fingerprint density at radius 3 is 2.71 bits per heavy atom. The molecule has 1 aromatic rings. The van der Waals surface area contributed by atoms with Crippen LogP contribution in [0.25, 0.3) is 0 Å². The zero-order valence-electron chi connectivity index (χ0n) is 11.6. The van der Waals surface area contributed by atoms with E-state index >= 15 is 0 Å². The van der Waals surface area contributed by atoms with E-state index in [0.29, 0.717) is 10.6 Å². The van der Waals surface area contributed by atoms with Crippen LogP contribution in [-0.2, 0) is 9.71 Å². The van der Waals surface area contributed by atoms with Crippen molar-refractivity contribution in [1.82, 2.24) is 4.72 Å². The number of hydrogen-bond acceptors (Lipinski definition) is 3. The van der Waals surface area contributed by atoms with Crippen LogP contribution in [0.5, 0.6) is 0 Å². The summed E-state index contributed by atoms with van der Waals surface area (Å²) in [5.74, 6) is 3.90. The van der Waals surface area contributed by atoms with Crippen molar-refractivity contribution in [3.8, 4) is 0 Å². The van der Waals surface area contributed by atoms with Gasteiger partial charge in [-0.1, -0.05) is 30.2 Å². The quantitative estimate of drug-likeness (QED) is 0.438. The molecule has 0 aliphatic heterocycles. The second-order valence-corrected chi connectivity index (χ2v) is 7.33. The molecule has 7 heteroatoms. The van der Waals surface area contributed by atoms with Crippen LogP contribution in [0.15, 0.2) is 45.4 Å². The Bertz CT molecular complexity index is 678. The average Bonchev–Trinajstić information content (AvgIpc) is 2.42. The first-order chi connectivity index (χ1) is 9.94. The highest BCUT2D eigenvalue weighted by Gasteiger charge is 2.22. The van der Waals surface area contributed by atoms with E-state index in [-0.39, 0.29) is 16.9 Å². The first kappa shape index (κ1) is 15.9. The fraction of sp³-hybridized carbons (Fsp3) is 0.286. The molecule has 1 saturated carbocycles. The standard InChI is InChI=1S/C14H19ClN4OS/c1-21(20,19-10-5-4-6-10)13-8-3-2-7-12(13)18-14(17)11(15)9-16/h2-3,7-10H,1,4-6,16H2,(H2,17,18)(H,19,20). The van der Waals surface area contributed by atoms with Gasteiger partial charge in [-0.25, -0.2) is 13.9 Å². The van der Waals surface area contributed by atoms with Gasteiger partial charge in [0.05, 0.1) is 25.3 Å². The fourth-order valence-electron chi connectivity index (χ4n) is 1.96. The van der Waals surface area contributed by atoms with Gasteiger partial charge in [-0.2, -0.15) is 0 Å². The highest BCUT2D eigenvalue weighted by molar-refractivity contribution is 7.98. The summed E-state index contributed by atoms with van der Waals surface area (Å²) in [7, 11) is -2.64. The molecule has 0 bridgehead atoms. The van der Waals surface area contributed by atoms with Crippen molar-refractivity contribution >= 4 is 38.7 Å². The molecule has 0 spiro atoms. The van der Waals surface area contributed by atoms with Crippen molar-refractivity contribution in [1.29, 1.82) is 0 Å². The molecular weight excluding hydrogens is 308 g/mol. The van der Waals surface area contributed by atoms with E-state index in [9.17, 15) is 4.21 Å². The van der Waals surface area contributed by atoms with Crippen molar-refractivity contribution in [2.75, 3.05) is 0 Å². The normalized spacial score (nSPS) is 19.9. The minimum Gasteiger partial charge on any atom is -0.403 e. The molecule has 1 aliphatic rings. The Morgan fingerprint density at radius 1 is 1.48 bits per heavy atom. The second-order valence-electron chi connectivity index (χ2n) is 4.90. The van der Waals surface area contributed by atoms with E-state index < -0.39 is 9.71 Å². The SMILES string of the molecule is C=S(=O)(NC1CCC1)c1ccccc1N=C(N)C(Cl)=CN. The maximum Gasteiger partial charge on any atom is 0.144 e. The van der Waals surface area contributed by atoms with Gasteiger partial charge in [-0.05, 0) is 30.8 Å². The zero-order chi connectivity index (χ0) is 15.5. The maximum absolute atomic E-state index is 12.8. The summed E-state index contributed by atoms with van der Waals surface area (Å²) in [4.78, 5) is 4.72. The van der Waals surface area contributed by atoms with Gasteiger partial charge in [0.25, 0.3) is 0 Å². The Kier molecular flexibility index (Phi) is 4.92. The topological polar surface area (TPSA) is 93.5 Å². The lowest BCUT2D eigenvalue weighted by molar-refractivity contribution is 0.390. The predicted molar refractivity (Wildman–Crippen MR) is 90.2 cm³/mol. The van der Waals surface area contributed by atoms with Crippen molar-refractivity contribution in [3.63, 3.8) is 0 Å². The maximum atomic E-state index is 12.8. The highest BCUT2D eigenvalue weighted by Crippen LogP contribution is 2.27. The average molecular weight is 327 g/mol. The summed E-state index contributed by atoms with van der Waals surface area (Å²) in [6.45, 7) is 0. The van der Waals surface area contributed by atoms with Crippen molar-refractivity contribution in [2.24, 2.45) is 16.5 Å². The van der Waals surface area contributed by atoms with Gasteiger partial charge in [-0.15, -0.1) is 0 Å². The number of nitrogens with two attached hydrogens (primary N) is 2. The molecule has 1 atom stereocenters. The van der Waals surface area contributed by atoms with Crippen molar-refractivity contribution in [3.05, 3.63) is 35.5 Å². The third-order valence-electron chi connectivity index (χ3n) is 3.31. The van der Waals surface area contributed by atoms with Crippen LogP contribution in [0.1, 0.15) is 19.3 Å². The van der Waals surface area contributed by atoms with Gasteiger partial charge >= 0.3 is 0 Å². The molecule has 114 valence electrons. The van der Waals surface area contributed by atoms with E-state index in [2.05, 4.69) is 15.6 Å². The van der Waals surface area contributed by atoms with Crippen LogP contribution in [0.2, 0.25) is 0 Å². The number of rotatable bonds is 5. The van der Waals surface area contributed by atoms with Crippen molar-refractivity contribution < 1.29 is 4.21 Å². The van der Waals surface area contributed by atoms with Gasteiger partial charge in [-0.3, -0.25) is 0 Å². The lowest BCUT2D eigenvalue weighted by Crippen LogP contribution is -2.39. The number of hydrogen-bond donors (Lipinski definition) is 3. The van der Waals surface area contributed by atoms with Crippen LogP contribution < -0.4 is 16.2 Å². The summed E-state index contributed by atoms with van der Waals surface area (Å²) in [6, 6.07) is 7.27. The molecule has 0 aromatic heterocycles. The number of nitrogens with one attached hydrogen (secondary N) is 1. The van der Waals surface area contributed by atoms with E-state index in [1.54, 1.807) is 24.3 Å². The molecule has 1 unspecified atom stereocenters. The van der Waals surface area contributed by atoms with E-state index in [1.165, 1.54) is 0 Å². The van der Waals surface area contributed by atoms with Gasteiger partial charge in [0.2, 0.25) is 0 Å². The Balaban J connectivity index is 2.36. The highest BCUT2D eigenvalue weighted by atomic mass is 35.5. The van der Waals surface area contributed by atoms with Crippen LogP contribution in [0.3, 0.4) is 0 Å². The zero-order valence-corrected chi connectivity index (χ0v) is 13.2. The molecule has 1 aliphatic carbocycles. The Labute approximate surface area is 130 Å². The first-order valence-corrected chi connectivity index (χ1v) is 8.70. The third-order valence-corrected chi connectivity index (χ3v) is 5.40. The number of benzene rings is 1. The molecule has 5 nitrogen and oxygen atoms in total. The van der Waals surface area contributed by atoms with Gasteiger partial charge < -0.3 is 11.5 Å². The summed E-state index contributed by atoms with van der Waals surface area (Å²) in [5, 5.41) is 0.146. The molecule has 0 heterocycles. The van der Waals surface area contributed by atoms with E-state index in [0.717, 1.165) is 25.5 Å². The summed E-state index contributed by atoms with van der Waals surface area (Å²) >= 11 is 5.83. The van der Waals surface area contributed by atoms with E-state index in [4.69, 9.17) is 23.1 Å². The molecule has 0 amide bonds. The lowest BCUT2D eigenvalue weighted by Gasteiger charge is -2.28. The summed E-state index contributed by atoms with van der Waals surface area (Å²) in [5.41, 5.74) is 11.5. The summed E-state index contributed by atoms with van der Waals surface area (Å²) < 4.78 is 15.9. The number of nitrogens with zero attached hydrogens (tertiary/aromatic N) is 1. The third kappa shape index (κ3) is 3.78. The minimum atomic E-state index is -2.64. The van der Waals surface area contributed by atoms with Gasteiger partial charge in [0, 0.05) is 12.2 Å². The van der Waals surface area contributed by atoms with E-state index in [1.807, 2.05) is 0 Å². The molecular formula is C14H19ClN4OS. The largest absolute Gasteiger partial charge is 0.403 e. The number of halogens is 1. The first-order valence-electron chi connectivity index (χ1n) is 6.59. The molecule has 1 aromatic carbocycles. The lowest BCUT2D eigenvalue weighted by atomic mass is 9.94. The minimum absolute atomic E-state index is 0.0745. The molecule has 5 N–H and O–H groups in total. The summed E-state index contributed by atoms with van der Waals surface area (Å²) in [6.07, 6.45) is 4.34. The van der Waals surface area contributed by atoms with Crippen LogP contribution in [0, 0.1) is 0 Å². The van der Waals surface area contributed by atoms with Crippen LogP contribution in [0.4, 0.5) is 5.69 Å². The molecule has 0 saturated heterocycles. The smallest absolute Gasteiger partial charge is 0.144 e. The second kappa shape index (κ2) is 6.51. The number of para-hydroxylation sites is 1. The van der Waals surface area contributed by atoms with Crippen LogP contribution >= 0.6 is 11.6 Å². The number of aliphatic imine (C=N–C) groups is 1. The molecule has 0 radical (unpaired) electrons. The molecule has 1 fully saturated rings. The fourth-order valence-corrected chi connectivity index (χ4v) is 3.65. The molecule has 21 heavy (non-hydrogen) atoms. The monoisotopic (exact) mass is 326 g/mol. The predicted octanol–water partition coefficient (Wildman–Crippen LogP) is 1.85.